The molecule has 0 aromatic heterocycles. The SMILES string of the molecule is CC(C)CC#Cc1cccc(CCCOC(=O)NC(C)(C)C)c1. The number of benzene rings is 1. The number of rotatable bonds is 5. The Hall–Kier alpha value is -1.95. The Morgan fingerprint density at radius 3 is 2.70 bits per heavy atom. The lowest BCUT2D eigenvalue weighted by atomic mass is 10.1. The standard InChI is InChI=1S/C20H29NO2/c1-16(2)9-6-10-17-11-7-12-18(15-17)13-8-14-23-19(22)21-20(3,4)5/h7,11-12,15-16H,8-9,13-14H2,1-5H3,(H,21,22). The predicted octanol–water partition coefficient (Wildman–Crippen LogP) is 4.54. The summed E-state index contributed by atoms with van der Waals surface area (Å²) in [4.78, 5) is 11.5. The number of carbonyl (C=O) groups is 1. The van der Waals surface area contributed by atoms with Crippen LogP contribution < -0.4 is 5.32 Å². The lowest BCUT2D eigenvalue weighted by Gasteiger charge is -2.19. The van der Waals surface area contributed by atoms with Crippen LogP contribution in [-0.2, 0) is 11.2 Å². The zero-order chi connectivity index (χ0) is 17.3. The minimum atomic E-state index is -0.356. The molecule has 3 nitrogen and oxygen atoms in total. The third-order valence-corrected chi connectivity index (χ3v) is 2.99. The number of nitrogens with one attached hydrogen (secondary N) is 1. The Morgan fingerprint density at radius 2 is 2.04 bits per heavy atom. The average Bonchev–Trinajstić information content (AvgIpc) is 2.42. The molecule has 1 rings (SSSR count). The molecule has 3 heteroatoms. The lowest BCUT2D eigenvalue weighted by Crippen LogP contribution is -2.41. The highest BCUT2D eigenvalue weighted by Gasteiger charge is 2.14. The van der Waals surface area contributed by atoms with E-state index >= 15 is 0 Å². The van der Waals surface area contributed by atoms with E-state index in [2.05, 4.69) is 43.1 Å². The van der Waals surface area contributed by atoms with Crippen molar-refractivity contribution in [2.45, 2.75) is 59.4 Å². The van der Waals surface area contributed by atoms with E-state index in [0.717, 1.165) is 24.8 Å². The molecule has 0 saturated carbocycles. The molecule has 1 N–H and O–H groups in total. The van der Waals surface area contributed by atoms with Crippen LogP contribution in [0.4, 0.5) is 4.79 Å². The van der Waals surface area contributed by atoms with Crippen LogP contribution in [0.2, 0.25) is 0 Å². The lowest BCUT2D eigenvalue weighted by molar-refractivity contribution is 0.136. The predicted molar refractivity (Wildman–Crippen MR) is 95.3 cm³/mol. The van der Waals surface area contributed by atoms with E-state index in [4.69, 9.17) is 4.74 Å². The second-order valence-corrected chi connectivity index (χ2v) is 7.21. The summed E-state index contributed by atoms with van der Waals surface area (Å²) in [5, 5.41) is 2.78. The van der Waals surface area contributed by atoms with Gasteiger partial charge in [-0.2, -0.15) is 0 Å². The van der Waals surface area contributed by atoms with Gasteiger partial charge in [0.1, 0.15) is 0 Å². The molecule has 0 radical (unpaired) electrons. The molecule has 0 atom stereocenters. The van der Waals surface area contributed by atoms with Crippen molar-refractivity contribution in [1.29, 1.82) is 0 Å². The van der Waals surface area contributed by atoms with Gasteiger partial charge in [0, 0.05) is 17.5 Å². The molecular formula is C20H29NO2. The van der Waals surface area contributed by atoms with Crippen molar-refractivity contribution in [2.75, 3.05) is 6.61 Å². The van der Waals surface area contributed by atoms with Gasteiger partial charge in [-0.05, 0) is 57.2 Å². The van der Waals surface area contributed by atoms with Crippen molar-refractivity contribution < 1.29 is 9.53 Å². The van der Waals surface area contributed by atoms with Crippen LogP contribution in [0.25, 0.3) is 0 Å². The van der Waals surface area contributed by atoms with Gasteiger partial charge in [0.2, 0.25) is 0 Å². The Labute approximate surface area is 140 Å². The van der Waals surface area contributed by atoms with Crippen LogP contribution in [-0.4, -0.2) is 18.2 Å². The van der Waals surface area contributed by atoms with Crippen molar-refractivity contribution >= 4 is 6.09 Å². The summed E-state index contributed by atoms with van der Waals surface area (Å²) in [7, 11) is 0. The van der Waals surface area contributed by atoms with E-state index in [9.17, 15) is 4.79 Å². The average molecular weight is 315 g/mol. The van der Waals surface area contributed by atoms with Crippen molar-refractivity contribution in [2.24, 2.45) is 5.92 Å². The molecular weight excluding hydrogens is 286 g/mol. The van der Waals surface area contributed by atoms with E-state index in [0.29, 0.717) is 12.5 Å². The Kier molecular flexibility index (Phi) is 7.68. The van der Waals surface area contributed by atoms with Crippen LogP contribution in [0.3, 0.4) is 0 Å². The fourth-order valence-corrected chi connectivity index (χ4v) is 1.95. The third kappa shape index (κ3) is 9.63. The zero-order valence-electron chi connectivity index (χ0n) is 15.0. The largest absolute Gasteiger partial charge is 0.450 e. The molecule has 1 amide bonds. The third-order valence-electron chi connectivity index (χ3n) is 2.99. The second kappa shape index (κ2) is 9.25. The summed E-state index contributed by atoms with van der Waals surface area (Å²) in [6, 6.07) is 8.26. The van der Waals surface area contributed by atoms with Crippen LogP contribution in [0.15, 0.2) is 24.3 Å². The van der Waals surface area contributed by atoms with Gasteiger partial charge in [0.15, 0.2) is 0 Å². The first-order valence-electron chi connectivity index (χ1n) is 8.29. The number of ether oxygens (including phenoxy) is 1. The maximum atomic E-state index is 11.5. The first kappa shape index (κ1) is 19.1. The molecule has 1 aromatic carbocycles. The summed E-state index contributed by atoms with van der Waals surface area (Å²) in [6.45, 7) is 10.5. The van der Waals surface area contributed by atoms with Crippen molar-refractivity contribution in [1.82, 2.24) is 5.32 Å². The molecule has 1 aromatic rings. The smallest absolute Gasteiger partial charge is 0.407 e. The number of alkyl carbamates (subject to hydrolysis) is 1. The van der Waals surface area contributed by atoms with E-state index in [-0.39, 0.29) is 11.6 Å². The van der Waals surface area contributed by atoms with E-state index < -0.39 is 0 Å². The van der Waals surface area contributed by atoms with Crippen LogP contribution in [0.1, 0.15) is 58.6 Å². The second-order valence-electron chi connectivity index (χ2n) is 7.21. The molecule has 0 spiro atoms. The van der Waals surface area contributed by atoms with Crippen LogP contribution >= 0.6 is 0 Å². The van der Waals surface area contributed by atoms with Gasteiger partial charge in [-0.1, -0.05) is 37.8 Å². The molecule has 0 bridgehead atoms. The van der Waals surface area contributed by atoms with Gasteiger partial charge in [0.25, 0.3) is 0 Å². The molecule has 0 aliphatic carbocycles. The highest BCUT2D eigenvalue weighted by atomic mass is 16.5. The van der Waals surface area contributed by atoms with Crippen LogP contribution in [0.5, 0.6) is 0 Å². The number of hydrogen-bond donors (Lipinski definition) is 1. The first-order chi connectivity index (χ1) is 10.8. The maximum Gasteiger partial charge on any atom is 0.407 e. The Bertz CT molecular complexity index is 559. The van der Waals surface area contributed by atoms with Gasteiger partial charge in [-0.25, -0.2) is 4.79 Å². The molecule has 0 saturated heterocycles. The van der Waals surface area contributed by atoms with Crippen molar-refractivity contribution in [3.8, 4) is 11.8 Å². The minimum absolute atomic E-state index is 0.264. The number of carbonyl (C=O) groups excluding carboxylic acids is 1. The quantitative estimate of drug-likeness (QED) is 0.640. The maximum absolute atomic E-state index is 11.5. The van der Waals surface area contributed by atoms with E-state index in [1.165, 1.54) is 5.56 Å². The molecule has 0 aliphatic heterocycles. The van der Waals surface area contributed by atoms with Gasteiger partial charge in [0.05, 0.1) is 6.61 Å². The van der Waals surface area contributed by atoms with Gasteiger partial charge in [-0.15, -0.1) is 0 Å². The molecule has 23 heavy (non-hydrogen) atoms. The summed E-state index contributed by atoms with van der Waals surface area (Å²) < 4.78 is 5.18. The Balaban J connectivity index is 2.38. The van der Waals surface area contributed by atoms with Crippen molar-refractivity contribution in [3.63, 3.8) is 0 Å². The molecule has 126 valence electrons. The topological polar surface area (TPSA) is 38.3 Å². The van der Waals surface area contributed by atoms with Crippen molar-refractivity contribution in [3.05, 3.63) is 35.4 Å². The fraction of sp³-hybridized carbons (Fsp3) is 0.550. The highest BCUT2D eigenvalue weighted by Crippen LogP contribution is 2.08. The fourth-order valence-electron chi connectivity index (χ4n) is 1.95. The molecule has 0 unspecified atom stereocenters. The summed E-state index contributed by atoms with van der Waals surface area (Å²) in [5.74, 6) is 7.01. The summed E-state index contributed by atoms with van der Waals surface area (Å²) in [6.07, 6.45) is 2.25. The normalized spacial score (nSPS) is 10.9. The number of hydrogen-bond acceptors (Lipinski definition) is 2. The summed E-state index contributed by atoms with van der Waals surface area (Å²) in [5.41, 5.74) is 2.01. The number of aryl methyl sites for hydroxylation is 1. The van der Waals surface area contributed by atoms with Crippen LogP contribution in [0, 0.1) is 17.8 Å². The molecule has 0 heterocycles. The monoisotopic (exact) mass is 315 g/mol. The first-order valence-corrected chi connectivity index (χ1v) is 8.29. The van der Waals surface area contributed by atoms with Gasteiger partial charge in [-0.3, -0.25) is 0 Å². The molecule has 0 aliphatic rings. The summed E-state index contributed by atoms with van der Waals surface area (Å²) >= 11 is 0. The Morgan fingerprint density at radius 1 is 1.30 bits per heavy atom. The van der Waals surface area contributed by atoms with Gasteiger partial charge >= 0.3 is 6.09 Å². The highest BCUT2D eigenvalue weighted by molar-refractivity contribution is 5.68. The van der Waals surface area contributed by atoms with E-state index in [1.54, 1.807) is 0 Å². The van der Waals surface area contributed by atoms with Gasteiger partial charge < -0.3 is 10.1 Å². The van der Waals surface area contributed by atoms with E-state index in [1.807, 2.05) is 32.9 Å². The number of amides is 1. The molecule has 0 fully saturated rings. The zero-order valence-corrected chi connectivity index (χ0v) is 15.0. The minimum Gasteiger partial charge on any atom is -0.450 e.